The predicted octanol–water partition coefficient (Wildman–Crippen LogP) is 7.76. The van der Waals surface area contributed by atoms with Gasteiger partial charge in [-0.3, -0.25) is 43.1 Å². The zero-order valence-electron chi connectivity index (χ0n) is 33.9. The summed E-state index contributed by atoms with van der Waals surface area (Å²) in [5, 5.41) is 11.8. The van der Waals surface area contributed by atoms with Gasteiger partial charge in [0, 0.05) is 43.8 Å². The van der Waals surface area contributed by atoms with E-state index >= 15 is 0 Å². The number of carboxylic acids is 1. The van der Waals surface area contributed by atoms with Crippen LogP contribution in [0.2, 0.25) is 0 Å². The Labute approximate surface area is 373 Å². The number of alkyl halides is 1. The zero-order valence-corrected chi connectivity index (χ0v) is 37.7. The van der Waals surface area contributed by atoms with Crippen LogP contribution in [0, 0.1) is 0 Å². The molecule has 2 heterocycles. The molecule has 5 rings (SSSR count). The number of benzene rings is 2. The molecular formula is C42H52IN3O13S2. The topological polar surface area (TPSA) is 231 Å². The fraction of sp³-hybridized carbons (Fsp3) is 0.548. The van der Waals surface area contributed by atoms with Crippen LogP contribution in [0.3, 0.4) is 0 Å². The molecule has 0 spiro atoms. The van der Waals surface area contributed by atoms with Gasteiger partial charge in [-0.15, -0.1) is 11.8 Å². The first-order valence-electron chi connectivity index (χ1n) is 20.7. The molecule has 0 bridgehead atoms. The molecule has 16 nitrogen and oxygen atoms in total. The third-order valence-electron chi connectivity index (χ3n) is 10.9. The molecular weight excluding hydrogens is 946 g/mol. The number of unbranched alkanes of at least 4 members (excludes halogenated alkanes) is 12. The number of anilines is 1. The van der Waals surface area contributed by atoms with E-state index in [2.05, 4.69) is 27.9 Å². The summed E-state index contributed by atoms with van der Waals surface area (Å²) in [5.74, 6) is -3.31. The number of carboxylic acid groups (broad SMARTS) is 1. The number of hydrogen-bond acceptors (Lipinski definition) is 12. The first-order chi connectivity index (χ1) is 29.1. The van der Waals surface area contributed by atoms with Crippen LogP contribution >= 0.6 is 34.4 Å². The van der Waals surface area contributed by atoms with Gasteiger partial charge in [-0.2, -0.15) is 8.42 Å². The number of ether oxygens (including phenoxy) is 1. The van der Waals surface area contributed by atoms with Crippen LogP contribution < -0.4 is 5.32 Å². The molecule has 2 aliphatic heterocycles. The standard InChI is InChI=1S/C42H52IN3O13S2/c43-42(60-23-13-11-9-7-5-3-1-2-4-6-8-10-12-14-39(51)52)26-38(50)45(40(42)53)22-21-35(47)44-28-15-17-30-31-18-16-29(61(55,56)57)25-33(31)34(32(30)24-28)27-58-41(54)59-46-36(48)19-20-37(46)49/h15-18,24-25,34H,1-14,19-23,26-27H2,(H,44,47)(H,51,52)(H,55,56,57). The van der Waals surface area contributed by atoms with E-state index in [1.165, 1.54) is 68.5 Å². The molecule has 2 aromatic rings. The average molecular weight is 998 g/mol. The van der Waals surface area contributed by atoms with Crippen LogP contribution in [0.4, 0.5) is 10.5 Å². The van der Waals surface area contributed by atoms with Crippen molar-refractivity contribution in [3.05, 3.63) is 47.5 Å². The number of amides is 5. The number of carbonyl (C=O) groups is 7. The van der Waals surface area contributed by atoms with Gasteiger partial charge in [0.2, 0.25) is 11.8 Å². The number of hydroxylamine groups is 2. The fourth-order valence-corrected chi connectivity index (χ4v) is 10.6. The smallest absolute Gasteiger partial charge is 0.481 e. The Morgan fingerprint density at radius 1 is 0.787 bits per heavy atom. The van der Waals surface area contributed by atoms with E-state index in [1.54, 1.807) is 18.2 Å². The lowest BCUT2D eigenvalue weighted by Crippen LogP contribution is -2.36. The van der Waals surface area contributed by atoms with Gasteiger partial charge in [0.1, 0.15) is 6.61 Å². The van der Waals surface area contributed by atoms with Gasteiger partial charge >= 0.3 is 12.1 Å². The van der Waals surface area contributed by atoms with Crippen LogP contribution in [0.15, 0.2) is 41.3 Å². The largest absolute Gasteiger partial charge is 0.533 e. The van der Waals surface area contributed by atoms with E-state index in [1.807, 2.05) is 0 Å². The van der Waals surface area contributed by atoms with Crippen LogP contribution in [0.25, 0.3) is 11.1 Å². The monoisotopic (exact) mass is 997 g/mol. The molecule has 2 fully saturated rings. The summed E-state index contributed by atoms with van der Waals surface area (Å²) in [6, 6.07) is 8.90. The van der Waals surface area contributed by atoms with Crippen molar-refractivity contribution in [2.45, 2.75) is 129 Å². The van der Waals surface area contributed by atoms with E-state index in [4.69, 9.17) is 14.7 Å². The van der Waals surface area contributed by atoms with Crippen molar-refractivity contribution in [2.24, 2.45) is 0 Å². The molecule has 0 aromatic heterocycles. The third kappa shape index (κ3) is 13.5. The summed E-state index contributed by atoms with van der Waals surface area (Å²) >= 11 is 3.53. The summed E-state index contributed by atoms with van der Waals surface area (Å²) in [6.45, 7) is -0.518. The van der Waals surface area contributed by atoms with Crippen LogP contribution in [0.1, 0.15) is 133 Å². The minimum atomic E-state index is -4.60. The molecule has 3 aliphatic rings. The van der Waals surface area contributed by atoms with Crippen LogP contribution in [0.5, 0.6) is 0 Å². The number of carbonyl (C=O) groups excluding carboxylic acids is 6. The van der Waals surface area contributed by atoms with Crippen molar-refractivity contribution in [3.8, 4) is 11.1 Å². The van der Waals surface area contributed by atoms with Crippen molar-refractivity contribution in [3.63, 3.8) is 0 Å². The molecule has 2 atom stereocenters. The van der Waals surface area contributed by atoms with Crippen molar-refractivity contribution >= 4 is 91.8 Å². The number of nitrogens with one attached hydrogen (secondary N) is 1. The number of thioether (sulfide) groups is 1. The summed E-state index contributed by atoms with van der Waals surface area (Å²) in [5.41, 5.74) is 2.47. The maximum atomic E-state index is 13.4. The number of fused-ring (bicyclic) bond motifs is 3. The molecule has 19 heteroatoms. The first-order valence-corrected chi connectivity index (χ1v) is 24.2. The summed E-state index contributed by atoms with van der Waals surface area (Å²) in [7, 11) is -4.60. The minimum Gasteiger partial charge on any atom is -0.481 e. The highest BCUT2D eigenvalue weighted by Crippen LogP contribution is 2.47. The fourth-order valence-electron chi connectivity index (χ4n) is 7.68. The Morgan fingerprint density at radius 3 is 1.93 bits per heavy atom. The second kappa shape index (κ2) is 22.3. The molecule has 3 N–H and O–H groups in total. The van der Waals surface area contributed by atoms with Crippen LogP contribution in [-0.4, -0.2) is 91.4 Å². The second-order valence-corrected chi connectivity index (χ2v) is 20.8. The van der Waals surface area contributed by atoms with Gasteiger partial charge < -0.3 is 15.2 Å². The van der Waals surface area contributed by atoms with Crippen LogP contribution in [-0.2, 0) is 48.5 Å². The molecule has 0 saturated carbocycles. The highest BCUT2D eigenvalue weighted by molar-refractivity contribution is 14.1. The van der Waals surface area contributed by atoms with Gasteiger partial charge in [0.25, 0.3) is 27.8 Å². The molecule has 0 radical (unpaired) electrons. The van der Waals surface area contributed by atoms with Crippen molar-refractivity contribution in [1.82, 2.24) is 9.96 Å². The lowest BCUT2D eigenvalue weighted by atomic mass is 9.97. The van der Waals surface area contributed by atoms with Gasteiger partial charge in [-0.05, 0) is 65.1 Å². The Balaban J connectivity index is 1.05. The lowest BCUT2D eigenvalue weighted by Gasteiger charge is -2.20. The average Bonchev–Trinajstić information content (AvgIpc) is 3.77. The number of rotatable bonds is 25. The Bertz CT molecular complexity index is 2080. The minimum absolute atomic E-state index is 0.0489. The van der Waals surface area contributed by atoms with Gasteiger partial charge in [-0.1, -0.05) is 110 Å². The number of aliphatic carboxylic acids is 1. The molecule has 2 unspecified atom stereocenters. The Morgan fingerprint density at radius 2 is 1.34 bits per heavy atom. The highest BCUT2D eigenvalue weighted by atomic mass is 127. The zero-order chi connectivity index (χ0) is 44.2. The Kier molecular flexibility index (Phi) is 17.6. The maximum Gasteiger partial charge on any atom is 0.533 e. The number of hydrogen-bond donors (Lipinski definition) is 3. The molecule has 332 valence electrons. The van der Waals surface area contributed by atoms with Crippen molar-refractivity contribution in [1.29, 1.82) is 0 Å². The van der Waals surface area contributed by atoms with Crippen molar-refractivity contribution < 1.29 is 61.2 Å². The van der Waals surface area contributed by atoms with E-state index < -0.39 is 60.1 Å². The van der Waals surface area contributed by atoms with E-state index in [-0.39, 0.29) is 50.5 Å². The predicted molar refractivity (Wildman–Crippen MR) is 233 cm³/mol. The molecule has 2 aromatic carbocycles. The Hall–Kier alpha value is -4.08. The highest BCUT2D eigenvalue weighted by Gasteiger charge is 2.50. The normalized spacial score (nSPS) is 18.4. The molecule has 5 amide bonds. The number of nitrogens with zero attached hydrogens (tertiary/aromatic N) is 2. The number of imide groups is 2. The quantitative estimate of drug-likeness (QED) is 0.0216. The number of likely N-dealkylation sites (tertiary alicyclic amines) is 1. The summed E-state index contributed by atoms with van der Waals surface area (Å²) in [6.07, 6.45) is 12.9. The number of halogens is 1. The van der Waals surface area contributed by atoms with E-state index in [9.17, 15) is 46.5 Å². The first kappa shape index (κ1) is 48.0. The molecule has 2 saturated heterocycles. The van der Waals surface area contributed by atoms with Crippen molar-refractivity contribution in [2.75, 3.05) is 24.2 Å². The second-order valence-electron chi connectivity index (χ2n) is 15.5. The lowest BCUT2D eigenvalue weighted by molar-refractivity contribution is -0.177. The van der Waals surface area contributed by atoms with Gasteiger partial charge in [0.05, 0.1) is 11.3 Å². The van der Waals surface area contributed by atoms with Gasteiger partial charge in [0.15, 0.2) is 2.75 Å². The summed E-state index contributed by atoms with van der Waals surface area (Å²) in [4.78, 5) is 91.9. The van der Waals surface area contributed by atoms with E-state index in [0.717, 1.165) is 55.6 Å². The maximum absolute atomic E-state index is 13.4. The van der Waals surface area contributed by atoms with Gasteiger partial charge in [-0.25, -0.2) is 4.79 Å². The van der Waals surface area contributed by atoms with E-state index in [0.29, 0.717) is 33.0 Å². The SMILES string of the molecule is O=C(O)CCCCCCCCCCCCCCCSC1(I)CC(=O)N(CCC(=O)Nc2ccc3c(c2)C(COC(=O)ON2C(=O)CCC2=O)c2cc(S(=O)(=O)O)ccc2-3)C1=O. The third-order valence-corrected chi connectivity index (χ3v) is 14.8. The molecule has 61 heavy (non-hydrogen) atoms. The summed E-state index contributed by atoms with van der Waals surface area (Å²) < 4.78 is 38.0. The molecule has 1 aliphatic carbocycles.